The molecule has 0 N–H and O–H groups in total. The zero-order chi connectivity index (χ0) is 10.5. The number of hydrogen-bond donors (Lipinski definition) is 0. The van der Waals surface area contributed by atoms with Gasteiger partial charge in [0.2, 0.25) is 0 Å². The third-order valence-electron chi connectivity index (χ3n) is 1.59. The van der Waals surface area contributed by atoms with Crippen molar-refractivity contribution in [1.29, 1.82) is 0 Å². The van der Waals surface area contributed by atoms with Crippen LogP contribution in [0.2, 0.25) is 0 Å². The van der Waals surface area contributed by atoms with Gasteiger partial charge in [0, 0.05) is 0 Å². The fraction of sp³-hybridized carbons (Fsp3) is 0.692. The van der Waals surface area contributed by atoms with Crippen molar-refractivity contribution in [3.63, 3.8) is 0 Å². The van der Waals surface area contributed by atoms with Crippen molar-refractivity contribution in [2.75, 3.05) is 0 Å². The fourth-order valence-corrected chi connectivity index (χ4v) is 0.924. The Hall–Kier alpha value is -0.520. The van der Waals surface area contributed by atoms with Gasteiger partial charge in [0.1, 0.15) is 0 Å². The molecule has 0 atom stereocenters. The van der Waals surface area contributed by atoms with Gasteiger partial charge < -0.3 is 0 Å². The lowest BCUT2D eigenvalue weighted by molar-refractivity contribution is 0.730. The maximum atomic E-state index is 3.63. The van der Waals surface area contributed by atoms with Gasteiger partial charge in [-0.05, 0) is 25.7 Å². The Kier molecular flexibility index (Phi) is 16.2. The number of unbranched alkanes of at least 4 members (excludes halogenated alkanes) is 3. The lowest BCUT2D eigenvalue weighted by Crippen LogP contribution is -1.73. The van der Waals surface area contributed by atoms with E-state index in [1.807, 2.05) is 13.0 Å². The zero-order valence-corrected chi connectivity index (χ0v) is 9.84. The summed E-state index contributed by atoms with van der Waals surface area (Å²) in [6.07, 6.45) is 11.4. The average molecular weight is 182 g/mol. The minimum atomic E-state index is 0.718. The van der Waals surface area contributed by atoms with Crippen molar-refractivity contribution in [1.82, 2.24) is 0 Å². The van der Waals surface area contributed by atoms with Gasteiger partial charge in [-0.3, -0.25) is 0 Å². The van der Waals surface area contributed by atoms with Crippen LogP contribution in [0.4, 0.5) is 0 Å². The standard InChI is InChI=1S/C7H14.C6H12/c1-3-5-7-6-4-2;1-4-5-6(2)3/h3H,1,4-7H2,2H3;4-6H,1-3H3. The molecule has 0 aliphatic carbocycles. The van der Waals surface area contributed by atoms with Crippen LogP contribution in [-0.4, -0.2) is 0 Å². The van der Waals surface area contributed by atoms with E-state index >= 15 is 0 Å². The Balaban J connectivity index is 0. The molecule has 78 valence electrons. The molecule has 0 amide bonds. The highest BCUT2D eigenvalue weighted by Gasteiger charge is 1.77. The predicted molar refractivity (Wildman–Crippen MR) is 64.0 cm³/mol. The lowest BCUT2D eigenvalue weighted by Gasteiger charge is -1.87. The van der Waals surface area contributed by atoms with E-state index < -0.39 is 0 Å². The van der Waals surface area contributed by atoms with E-state index in [4.69, 9.17) is 0 Å². The Morgan fingerprint density at radius 2 is 1.85 bits per heavy atom. The summed E-state index contributed by atoms with van der Waals surface area (Å²) >= 11 is 0. The first-order chi connectivity index (χ1) is 6.18. The summed E-state index contributed by atoms with van der Waals surface area (Å²) in [7, 11) is 0. The monoisotopic (exact) mass is 182 g/mol. The van der Waals surface area contributed by atoms with Crippen LogP contribution in [0, 0.1) is 5.92 Å². The first-order valence-corrected chi connectivity index (χ1v) is 5.42. The molecule has 0 aromatic heterocycles. The quantitative estimate of drug-likeness (QED) is 0.416. The van der Waals surface area contributed by atoms with Crippen LogP contribution in [0.15, 0.2) is 24.8 Å². The smallest absolute Gasteiger partial charge is 0.0291 e. The van der Waals surface area contributed by atoms with Crippen LogP contribution in [0.3, 0.4) is 0 Å². The van der Waals surface area contributed by atoms with Gasteiger partial charge >= 0.3 is 0 Å². The molecule has 13 heavy (non-hydrogen) atoms. The molecule has 0 nitrogen and oxygen atoms in total. The minimum Gasteiger partial charge on any atom is -0.103 e. The van der Waals surface area contributed by atoms with Crippen molar-refractivity contribution < 1.29 is 0 Å². The first-order valence-electron chi connectivity index (χ1n) is 5.42. The van der Waals surface area contributed by atoms with E-state index in [9.17, 15) is 0 Å². The minimum absolute atomic E-state index is 0.718. The van der Waals surface area contributed by atoms with Crippen molar-refractivity contribution >= 4 is 0 Å². The summed E-state index contributed by atoms with van der Waals surface area (Å²) in [5, 5.41) is 0. The third kappa shape index (κ3) is 24.6. The lowest BCUT2D eigenvalue weighted by atomic mass is 10.2. The maximum absolute atomic E-state index is 3.63. The number of allylic oxidation sites excluding steroid dienone is 3. The Labute approximate surface area is 84.7 Å². The van der Waals surface area contributed by atoms with E-state index in [0.29, 0.717) is 0 Å². The van der Waals surface area contributed by atoms with Crippen molar-refractivity contribution in [3.05, 3.63) is 24.8 Å². The summed E-state index contributed by atoms with van der Waals surface area (Å²) in [5.41, 5.74) is 0. The third-order valence-corrected chi connectivity index (χ3v) is 1.59. The molecule has 0 aliphatic rings. The van der Waals surface area contributed by atoms with Crippen molar-refractivity contribution in [3.8, 4) is 0 Å². The van der Waals surface area contributed by atoms with Gasteiger partial charge in [-0.2, -0.15) is 0 Å². The second kappa shape index (κ2) is 14.0. The normalized spacial score (nSPS) is 9.92. The molecule has 0 spiro atoms. The largest absolute Gasteiger partial charge is 0.103 e. The molecule has 0 fully saturated rings. The van der Waals surface area contributed by atoms with Crippen LogP contribution in [0.1, 0.15) is 53.4 Å². The van der Waals surface area contributed by atoms with Gasteiger partial charge in [0.15, 0.2) is 0 Å². The molecule has 0 heteroatoms. The number of rotatable bonds is 5. The second-order valence-electron chi connectivity index (χ2n) is 3.55. The molecule has 0 unspecified atom stereocenters. The van der Waals surface area contributed by atoms with Crippen LogP contribution in [0.5, 0.6) is 0 Å². The van der Waals surface area contributed by atoms with Gasteiger partial charge in [-0.15, -0.1) is 6.58 Å². The molecule has 0 aromatic rings. The van der Waals surface area contributed by atoms with Crippen LogP contribution in [0.25, 0.3) is 0 Å². The average Bonchev–Trinajstić information content (AvgIpc) is 2.06. The summed E-state index contributed by atoms with van der Waals surface area (Å²) in [5.74, 6) is 0.718. The first kappa shape index (κ1) is 15.0. The van der Waals surface area contributed by atoms with E-state index in [1.54, 1.807) is 0 Å². The van der Waals surface area contributed by atoms with Crippen molar-refractivity contribution in [2.24, 2.45) is 5.92 Å². The van der Waals surface area contributed by atoms with Crippen LogP contribution >= 0.6 is 0 Å². The fourth-order valence-electron chi connectivity index (χ4n) is 0.924. The summed E-state index contributed by atoms with van der Waals surface area (Å²) in [4.78, 5) is 0. The maximum Gasteiger partial charge on any atom is -0.0291 e. The number of hydrogen-bond acceptors (Lipinski definition) is 0. The van der Waals surface area contributed by atoms with E-state index in [-0.39, 0.29) is 0 Å². The Bertz CT molecular complexity index is 109. The summed E-state index contributed by atoms with van der Waals surface area (Å²) in [6.45, 7) is 12.2. The van der Waals surface area contributed by atoms with Gasteiger partial charge in [0.25, 0.3) is 0 Å². The molecule has 0 aromatic carbocycles. The van der Waals surface area contributed by atoms with Crippen LogP contribution in [-0.2, 0) is 0 Å². The Morgan fingerprint density at radius 1 is 1.23 bits per heavy atom. The molecule has 0 bridgehead atoms. The van der Waals surface area contributed by atoms with E-state index in [1.165, 1.54) is 25.7 Å². The Morgan fingerprint density at radius 3 is 2.08 bits per heavy atom. The molecular weight excluding hydrogens is 156 g/mol. The molecule has 0 saturated carbocycles. The molecular formula is C13H26. The summed E-state index contributed by atoms with van der Waals surface area (Å²) in [6, 6.07) is 0. The van der Waals surface area contributed by atoms with Gasteiger partial charge in [-0.1, -0.05) is 51.8 Å². The molecule has 0 radical (unpaired) electrons. The highest BCUT2D eigenvalue weighted by Crippen LogP contribution is 1.97. The SMILES string of the molecule is C=CCCCCC.CC=CC(C)C. The topological polar surface area (TPSA) is 0 Å². The summed E-state index contributed by atoms with van der Waals surface area (Å²) < 4.78 is 0. The van der Waals surface area contributed by atoms with Crippen molar-refractivity contribution in [2.45, 2.75) is 53.4 Å². The van der Waals surface area contributed by atoms with Crippen LogP contribution < -0.4 is 0 Å². The highest BCUT2D eigenvalue weighted by atomic mass is 13.8. The van der Waals surface area contributed by atoms with Gasteiger partial charge in [-0.25, -0.2) is 0 Å². The predicted octanol–water partition coefficient (Wildman–Crippen LogP) is 4.97. The highest BCUT2D eigenvalue weighted by molar-refractivity contribution is 4.79. The zero-order valence-electron chi connectivity index (χ0n) is 9.84. The molecule has 0 aliphatic heterocycles. The molecule has 0 heterocycles. The van der Waals surface area contributed by atoms with E-state index in [2.05, 4.69) is 39.5 Å². The molecule has 0 rings (SSSR count). The molecule has 0 saturated heterocycles. The van der Waals surface area contributed by atoms with E-state index in [0.717, 1.165) is 5.92 Å². The second-order valence-corrected chi connectivity index (χ2v) is 3.55. The van der Waals surface area contributed by atoms with Gasteiger partial charge in [0.05, 0.1) is 0 Å².